The summed E-state index contributed by atoms with van der Waals surface area (Å²) in [7, 11) is 5.65. The van der Waals surface area contributed by atoms with Gasteiger partial charge in [-0.25, -0.2) is 4.98 Å². The number of hydrogen-bond acceptors (Lipinski definition) is 7. The summed E-state index contributed by atoms with van der Waals surface area (Å²) in [5.41, 5.74) is 2.20. The van der Waals surface area contributed by atoms with Crippen LogP contribution in [0.2, 0.25) is 5.02 Å². The van der Waals surface area contributed by atoms with Crippen molar-refractivity contribution in [1.29, 1.82) is 0 Å². The van der Waals surface area contributed by atoms with E-state index in [9.17, 15) is 0 Å². The molecule has 2 aromatic heterocycles. The van der Waals surface area contributed by atoms with Gasteiger partial charge in [-0.15, -0.1) is 0 Å². The van der Waals surface area contributed by atoms with Crippen molar-refractivity contribution in [2.24, 2.45) is 0 Å². The molecule has 2 N–H and O–H groups in total. The predicted molar refractivity (Wildman–Crippen MR) is 114 cm³/mol. The standard InChI is InChI=1S/C20H23ClN6O/c1-27(2)11-10-23-20-25-16(15-6-4-5-9-22-15)13-19(26-20)24-17-12-14(21)7-8-18(17)28-3/h4-9,12-13H,10-11H2,1-3H3,(H2,23,24,25,26). The lowest BCUT2D eigenvalue weighted by Gasteiger charge is -2.14. The Balaban J connectivity index is 1.94. The van der Waals surface area contributed by atoms with E-state index in [-0.39, 0.29) is 0 Å². The van der Waals surface area contributed by atoms with Crippen molar-refractivity contribution in [1.82, 2.24) is 19.9 Å². The number of aromatic nitrogens is 3. The number of hydrogen-bond donors (Lipinski definition) is 2. The minimum Gasteiger partial charge on any atom is -0.495 e. The largest absolute Gasteiger partial charge is 0.495 e. The molecular weight excluding hydrogens is 376 g/mol. The van der Waals surface area contributed by atoms with E-state index in [1.165, 1.54) is 0 Å². The van der Waals surface area contributed by atoms with Gasteiger partial charge < -0.3 is 20.3 Å². The molecule has 0 aliphatic carbocycles. The van der Waals surface area contributed by atoms with E-state index in [0.717, 1.165) is 24.5 Å². The highest BCUT2D eigenvalue weighted by Crippen LogP contribution is 2.31. The lowest BCUT2D eigenvalue weighted by atomic mass is 10.2. The first-order valence-electron chi connectivity index (χ1n) is 8.85. The zero-order valence-corrected chi connectivity index (χ0v) is 16.9. The fourth-order valence-electron chi connectivity index (χ4n) is 2.54. The first kappa shape index (κ1) is 19.9. The highest BCUT2D eigenvalue weighted by molar-refractivity contribution is 6.31. The summed E-state index contributed by atoms with van der Waals surface area (Å²) in [4.78, 5) is 15.7. The van der Waals surface area contributed by atoms with Crippen molar-refractivity contribution in [3.8, 4) is 17.1 Å². The number of methoxy groups -OCH3 is 1. The van der Waals surface area contributed by atoms with Crippen molar-refractivity contribution in [3.63, 3.8) is 0 Å². The average Bonchev–Trinajstić information content (AvgIpc) is 2.68. The van der Waals surface area contributed by atoms with Gasteiger partial charge in [0.15, 0.2) is 0 Å². The number of nitrogens with one attached hydrogen (secondary N) is 2. The first-order valence-corrected chi connectivity index (χ1v) is 9.22. The second-order valence-corrected chi connectivity index (χ2v) is 6.81. The molecule has 0 saturated heterocycles. The maximum absolute atomic E-state index is 6.14. The molecule has 0 radical (unpaired) electrons. The second kappa shape index (κ2) is 9.34. The van der Waals surface area contributed by atoms with Crippen LogP contribution in [0.5, 0.6) is 5.75 Å². The smallest absolute Gasteiger partial charge is 0.225 e. The Kier molecular flexibility index (Phi) is 6.62. The summed E-state index contributed by atoms with van der Waals surface area (Å²) in [6, 6.07) is 12.9. The van der Waals surface area contributed by atoms with Gasteiger partial charge in [-0.1, -0.05) is 17.7 Å². The molecule has 0 saturated carbocycles. The molecule has 0 bridgehead atoms. The van der Waals surface area contributed by atoms with Crippen LogP contribution in [0.4, 0.5) is 17.5 Å². The maximum Gasteiger partial charge on any atom is 0.225 e. The third kappa shape index (κ3) is 5.31. The summed E-state index contributed by atoms with van der Waals surface area (Å²) in [6.07, 6.45) is 1.74. The Labute approximate surface area is 169 Å². The zero-order chi connectivity index (χ0) is 19.9. The van der Waals surface area contributed by atoms with Gasteiger partial charge in [0.1, 0.15) is 11.6 Å². The highest BCUT2D eigenvalue weighted by Gasteiger charge is 2.10. The Morgan fingerprint density at radius 3 is 2.64 bits per heavy atom. The molecule has 0 aliphatic heterocycles. The molecular formula is C20H23ClN6O. The van der Waals surface area contributed by atoms with E-state index in [0.29, 0.717) is 28.2 Å². The Hall–Kier alpha value is -2.90. The molecule has 3 aromatic rings. The summed E-state index contributed by atoms with van der Waals surface area (Å²) in [5, 5.41) is 7.14. The summed E-state index contributed by atoms with van der Waals surface area (Å²) >= 11 is 6.14. The number of nitrogens with zero attached hydrogens (tertiary/aromatic N) is 4. The van der Waals surface area contributed by atoms with Crippen molar-refractivity contribution in [2.45, 2.75) is 0 Å². The van der Waals surface area contributed by atoms with Gasteiger partial charge in [0.2, 0.25) is 5.95 Å². The molecule has 0 unspecified atom stereocenters. The van der Waals surface area contributed by atoms with Gasteiger partial charge in [-0.3, -0.25) is 4.98 Å². The summed E-state index contributed by atoms with van der Waals surface area (Å²) in [6.45, 7) is 1.58. The molecule has 7 nitrogen and oxygen atoms in total. The Bertz CT molecular complexity index is 920. The lowest BCUT2D eigenvalue weighted by molar-refractivity contribution is 0.417. The number of rotatable bonds is 8. The average molecular weight is 399 g/mol. The molecule has 3 rings (SSSR count). The maximum atomic E-state index is 6.14. The highest BCUT2D eigenvalue weighted by atomic mass is 35.5. The van der Waals surface area contributed by atoms with Crippen LogP contribution in [0.1, 0.15) is 0 Å². The Morgan fingerprint density at radius 1 is 1.07 bits per heavy atom. The summed E-state index contributed by atoms with van der Waals surface area (Å²) in [5.74, 6) is 1.81. The number of ether oxygens (including phenoxy) is 1. The Morgan fingerprint density at radius 2 is 1.93 bits per heavy atom. The fraction of sp³-hybridized carbons (Fsp3) is 0.250. The molecule has 0 amide bonds. The van der Waals surface area contributed by atoms with Gasteiger partial charge in [-0.05, 0) is 44.4 Å². The van der Waals surface area contributed by atoms with Crippen LogP contribution in [-0.2, 0) is 0 Å². The van der Waals surface area contributed by atoms with Crippen molar-refractivity contribution in [3.05, 3.63) is 53.7 Å². The number of anilines is 3. The number of pyridine rings is 1. The van der Waals surface area contributed by atoms with Gasteiger partial charge in [0, 0.05) is 30.4 Å². The van der Waals surface area contributed by atoms with E-state index in [1.807, 2.05) is 44.4 Å². The molecule has 8 heteroatoms. The first-order chi connectivity index (χ1) is 13.5. The van der Waals surface area contributed by atoms with Crippen LogP contribution in [0, 0.1) is 0 Å². The van der Waals surface area contributed by atoms with Crippen LogP contribution >= 0.6 is 11.6 Å². The van der Waals surface area contributed by atoms with E-state index in [4.69, 9.17) is 16.3 Å². The van der Waals surface area contributed by atoms with Gasteiger partial charge in [-0.2, -0.15) is 4.98 Å². The van der Waals surface area contributed by atoms with Gasteiger partial charge in [0.25, 0.3) is 0 Å². The van der Waals surface area contributed by atoms with Crippen LogP contribution in [0.25, 0.3) is 11.4 Å². The number of halogens is 1. The second-order valence-electron chi connectivity index (χ2n) is 6.38. The van der Waals surface area contributed by atoms with E-state index in [1.54, 1.807) is 25.4 Å². The SMILES string of the molecule is COc1ccc(Cl)cc1Nc1cc(-c2ccccn2)nc(NCCN(C)C)n1. The summed E-state index contributed by atoms with van der Waals surface area (Å²) < 4.78 is 5.41. The fourth-order valence-corrected chi connectivity index (χ4v) is 2.72. The van der Waals surface area contributed by atoms with Crippen LogP contribution in [0.3, 0.4) is 0 Å². The predicted octanol–water partition coefficient (Wildman–Crippen LogP) is 3.92. The lowest BCUT2D eigenvalue weighted by Crippen LogP contribution is -2.21. The molecule has 2 heterocycles. The third-order valence-corrected chi connectivity index (χ3v) is 4.15. The van der Waals surface area contributed by atoms with Crippen molar-refractivity contribution >= 4 is 29.1 Å². The monoisotopic (exact) mass is 398 g/mol. The molecule has 0 fully saturated rings. The molecule has 0 aliphatic rings. The molecule has 0 atom stereocenters. The molecule has 28 heavy (non-hydrogen) atoms. The van der Waals surface area contributed by atoms with E-state index < -0.39 is 0 Å². The number of benzene rings is 1. The van der Waals surface area contributed by atoms with Crippen LogP contribution in [-0.4, -0.2) is 54.1 Å². The van der Waals surface area contributed by atoms with Crippen molar-refractivity contribution < 1.29 is 4.74 Å². The minimum atomic E-state index is 0.522. The van der Waals surface area contributed by atoms with Crippen molar-refractivity contribution in [2.75, 3.05) is 44.9 Å². The third-order valence-electron chi connectivity index (χ3n) is 3.92. The molecule has 1 aromatic carbocycles. The molecule has 146 valence electrons. The van der Waals surface area contributed by atoms with E-state index in [2.05, 4.69) is 30.5 Å². The topological polar surface area (TPSA) is 75.2 Å². The zero-order valence-electron chi connectivity index (χ0n) is 16.1. The van der Waals surface area contributed by atoms with E-state index >= 15 is 0 Å². The quantitative estimate of drug-likeness (QED) is 0.595. The van der Waals surface area contributed by atoms with Crippen LogP contribution < -0.4 is 15.4 Å². The normalized spacial score (nSPS) is 10.8. The number of likely N-dealkylation sites (N-methyl/N-ethyl adjacent to an activating group) is 1. The van der Waals surface area contributed by atoms with Gasteiger partial charge >= 0.3 is 0 Å². The van der Waals surface area contributed by atoms with Crippen LogP contribution in [0.15, 0.2) is 48.7 Å². The van der Waals surface area contributed by atoms with Gasteiger partial charge in [0.05, 0.1) is 24.2 Å². The minimum absolute atomic E-state index is 0.522. The molecule has 0 spiro atoms.